The van der Waals surface area contributed by atoms with Gasteiger partial charge in [0.2, 0.25) is 0 Å². The van der Waals surface area contributed by atoms with Gasteiger partial charge in [0.25, 0.3) is 5.69 Å². The van der Waals surface area contributed by atoms with Crippen molar-refractivity contribution in [1.82, 2.24) is 4.90 Å². The van der Waals surface area contributed by atoms with E-state index in [0.717, 1.165) is 12.8 Å². The van der Waals surface area contributed by atoms with E-state index in [1.807, 2.05) is 12.1 Å². The van der Waals surface area contributed by atoms with Crippen molar-refractivity contribution in [2.75, 3.05) is 19.6 Å². The Kier molecular flexibility index (Phi) is 12.8. The van der Waals surface area contributed by atoms with E-state index in [9.17, 15) is 10.1 Å². The van der Waals surface area contributed by atoms with Crippen LogP contribution in [0.2, 0.25) is 0 Å². The molecule has 0 aliphatic carbocycles. The molecule has 0 aromatic heterocycles. The fourth-order valence-electron chi connectivity index (χ4n) is 3.31. The summed E-state index contributed by atoms with van der Waals surface area (Å²) in [5.41, 5.74) is 1.38. The van der Waals surface area contributed by atoms with Crippen LogP contribution in [0.4, 0.5) is 5.69 Å². The van der Waals surface area contributed by atoms with Gasteiger partial charge in [0, 0.05) is 12.1 Å². The van der Waals surface area contributed by atoms with Crippen LogP contribution in [0.3, 0.4) is 0 Å². The molecule has 1 aromatic carbocycles. The second-order valence-electron chi connectivity index (χ2n) is 7.34. The summed E-state index contributed by atoms with van der Waals surface area (Å²) in [7, 11) is 0. The average Bonchev–Trinajstić information content (AvgIpc) is 2.65. The number of nitrogens with zero attached hydrogens (tertiary/aromatic N) is 2. The van der Waals surface area contributed by atoms with Crippen LogP contribution in [0, 0.1) is 10.1 Å². The van der Waals surface area contributed by atoms with E-state index in [0.29, 0.717) is 0 Å². The molecule has 0 saturated heterocycles. The SMILES string of the molecule is CCCCCCN(CCCCCC)CCCCc1ccc([N+](=O)[O-])cc1. The summed E-state index contributed by atoms with van der Waals surface area (Å²) in [6.07, 6.45) is 14.0. The molecule has 1 rings (SSSR count). The summed E-state index contributed by atoms with van der Waals surface area (Å²) >= 11 is 0. The number of unbranched alkanes of at least 4 members (excludes halogenated alkanes) is 7. The molecule has 0 saturated carbocycles. The van der Waals surface area contributed by atoms with Gasteiger partial charge < -0.3 is 4.90 Å². The van der Waals surface area contributed by atoms with Crippen LogP contribution in [0.1, 0.15) is 83.6 Å². The minimum Gasteiger partial charge on any atom is -0.303 e. The second-order valence-corrected chi connectivity index (χ2v) is 7.34. The molecule has 0 bridgehead atoms. The van der Waals surface area contributed by atoms with Crippen molar-refractivity contribution in [2.24, 2.45) is 0 Å². The van der Waals surface area contributed by atoms with Gasteiger partial charge in [0.15, 0.2) is 0 Å². The van der Waals surface area contributed by atoms with Crippen LogP contribution < -0.4 is 0 Å². The molecule has 0 amide bonds. The Labute approximate surface area is 160 Å². The zero-order chi connectivity index (χ0) is 19.0. The molecule has 4 heteroatoms. The number of nitro groups is 1. The molecule has 1 aromatic rings. The molecule has 0 N–H and O–H groups in total. The van der Waals surface area contributed by atoms with Crippen LogP contribution >= 0.6 is 0 Å². The van der Waals surface area contributed by atoms with Crippen LogP contribution in [0.25, 0.3) is 0 Å². The third-order valence-corrected chi connectivity index (χ3v) is 4.99. The van der Waals surface area contributed by atoms with Crippen LogP contribution in [0.5, 0.6) is 0 Å². The van der Waals surface area contributed by atoms with Gasteiger partial charge in [0.1, 0.15) is 0 Å². The third kappa shape index (κ3) is 10.5. The summed E-state index contributed by atoms with van der Waals surface area (Å²) < 4.78 is 0. The first-order chi connectivity index (χ1) is 12.7. The van der Waals surface area contributed by atoms with Crippen molar-refractivity contribution >= 4 is 5.69 Å². The predicted molar refractivity (Wildman–Crippen MR) is 111 cm³/mol. The topological polar surface area (TPSA) is 46.4 Å². The average molecular weight is 363 g/mol. The van der Waals surface area contributed by atoms with Crippen molar-refractivity contribution in [1.29, 1.82) is 0 Å². The number of benzene rings is 1. The summed E-state index contributed by atoms with van der Waals surface area (Å²) in [5, 5.41) is 10.7. The maximum Gasteiger partial charge on any atom is 0.269 e. The molecule has 0 unspecified atom stereocenters. The molecule has 0 atom stereocenters. The fraction of sp³-hybridized carbons (Fsp3) is 0.727. The lowest BCUT2D eigenvalue weighted by molar-refractivity contribution is -0.384. The zero-order valence-electron chi connectivity index (χ0n) is 16.9. The lowest BCUT2D eigenvalue weighted by Gasteiger charge is -2.22. The van der Waals surface area contributed by atoms with E-state index in [1.54, 1.807) is 12.1 Å². The summed E-state index contributed by atoms with van der Waals surface area (Å²) in [6.45, 7) is 8.19. The van der Waals surface area contributed by atoms with Crippen molar-refractivity contribution < 1.29 is 4.92 Å². The lowest BCUT2D eigenvalue weighted by Crippen LogP contribution is -2.27. The Bertz CT molecular complexity index is 462. The van der Waals surface area contributed by atoms with Gasteiger partial charge in [-0.25, -0.2) is 0 Å². The first-order valence-corrected chi connectivity index (χ1v) is 10.6. The van der Waals surface area contributed by atoms with Crippen molar-refractivity contribution in [2.45, 2.75) is 84.5 Å². The number of nitro benzene ring substituents is 1. The molecule has 0 spiro atoms. The highest BCUT2D eigenvalue weighted by Crippen LogP contribution is 2.14. The van der Waals surface area contributed by atoms with Crippen molar-refractivity contribution in [3.05, 3.63) is 39.9 Å². The van der Waals surface area contributed by atoms with Gasteiger partial charge in [-0.15, -0.1) is 0 Å². The first-order valence-electron chi connectivity index (χ1n) is 10.6. The second kappa shape index (κ2) is 14.7. The zero-order valence-corrected chi connectivity index (χ0v) is 16.9. The Morgan fingerprint density at radius 2 is 1.27 bits per heavy atom. The summed E-state index contributed by atoms with van der Waals surface area (Å²) in [4.78, 5) is 13.0. The minimum atomic E-state index is -0.335. The highest BCUT2D eigenvalue weighted by atomic mass is 16.6. The molecule has 0 heterocycles. The molecule has 0 radical (unpaired) electrons. The van der Waals surface area contributed by atoms with Gasteiger partial charge in [-0.3, -0.25) is 10.1 Å². The highest BCUT2D eigenvalue weighted by molar-refractivity contribution is 5.32. The molecular weight excluding hydrogens is 324 g/mol. The Morgan fingerprint density at radius 1 is 0.769 bits per heavy atom. The molecule has 0 aliphatic heterocycles. The Hall–Kier alpha value is -1.42. The van der Waals surface area contributed by atoms with Crippen LogP contribution in [-0.4, -0.2) is 29.5 Å². The van der Waals surface area contributed by atoms with E-state index in [1.165, 1.54) is 83.0 Å². The van der Waals surface area contributed by atoms with Gasteiger partial charge in [-0.05, 0) is 57.3 Å². The number of hydrogen-bond acceptors (Lipinski definition) is 3. The number of aryl methyl sites for hydroxylation is 1. The van der Waals surface area contributed by atoms with Gasteiger partial charge in [0.05, 0.1) is 4.92 Å². The van der Waals surface area contributed by atoms with E-state index < -0.39 is 0 Å². The molecule has 148 valence electrons. The monoisotopic (exact) mass is 362 g/mol. The quantitative estimate of drug-likeness (QED) is 0.195. The van der Waals surface area contributed by atoms with E-state index in [-0.39, 0.29) is 10.6 Å². The Morgan fingerprint density at radius 3 is 1.73 bits per heavy atom. The van der Waals surface area contributed by atoms with Gasteiger partial charge in [-0.2, -0.15) is 0 Å². The third-order valence-electron chi connectivity index (χ3n) is 4.99. The molecule has 0 fully saturated rings. The van der Waals surface area contributed by atoms with Crippen LogP contribution in [-0.2, 0) is 6.42 Å². The highest BCUT2D eigenvalue weighted by Gasteiger charge is 2.06. The minimum absolute atomic E-state index is 0.180. The summed E-state index contributed by atoms with van der Waals surface area (Å²) in [5.74, 6) is 0. The molecule has 4 nitrogen and oxygen atoms in total. The molecule has 0 aliphatic rings. The van der Waals surface area contributed by atoms with Gasteiger partial charge >= 0.3 is 0 Å². The van der Waals surface area contributed by atoms with Crippen molar-refractivity contribution in [3.8, 4) is 0 Å². The van der Waals surface area contributed by atoms with Crippen LogP contribution in [0.15, 0.2) is 24.3 Å². The van der Waals surface area contributed by atoms with E-state index in [4.69, 9.17) is 0 Å². The summed E-state index contributed by atoms with van der Waals surface area (Å²) in [6, 6.07) is 7.02. The van der Waals surface area contributed by atoms with E-state index >= 15 is 0 Å². The molecule has 26 heavy (non-hydrogen) atoms. The normalized spacial score (nSPS) is 11.2. The molecular formula is C22H38N2O2. The first kappa shape index (κ1) is 22.6. The van der Waals surface area contributed by atoms with Crippen molar-refractivity contribution in [3.63, 3.8) is 0 Å². The van der Waals surface area contributed by atoms with E-state index in [2.05, 4.69) is 18.7 Å². The van der Waals surface area contributed by atoms with Gasteiger partial charge in [-0.1, -0.05) is 64.5 Å². The number of hydrogen-bond donors (Lipinski definition) is 0. The lowest BCUT2D eigenvalue weighted by atomic mass is 10.1. The number of non-ortho nitro benzene ring substituents is 1. The largest absolute Gasteiger partial charge is 0.303 e. The maximum atomic E-state index is 10.7. The Balaban J connectivity index is 2.28. The smallest absolute Gasteiger partial charge is 0.269 e. The fourth-order valence-corrected chi connectivity index (χ4v) is 3.31. The number of rotatable bonds is 16. The standard InChI is InChI=1S/C22H38N2O2/c1-3-5-7-10-18-23(19-11-8-6-4-2)20-12-9-13-21-14-16-22(17-15-21)24(25)26/h14-17H,3-13,18-20H2,1-2H3. The maximum absolute atomic E-state index is 10.7. The predicted octanol–water partition coefficient (Wildman–Crippen LogP) is 6.38.